The van der Waals surface area contributed by atoms with E-state index in [1.807, 2.05) is 24.3 Å². The van der Waals surface area contributed by atoms with Crippen LogP contribution in [0.25, 0.3) is 0 Å². The molecule has 0 amide bonds. The second kappa shape index (κ2) is 5.21. The van der Waals surface area contributed by atoms with Crippen molar-refractivity contribution in [3.63, 3.8) is 0 Å². The van der Waals surface area contributed by atoms with E-state index in [9.17, 15) is 4.79 Å². The van der Waals surface area contributed by atoms with Gasteiger partial charge in [-0.15, -0.1) is 0 Å². The fraction of sp³-hybridized carbons (Fsp3) is 0.533. The molecule has 4 nitrogen and oxygen atoms in total. The zero-order valence-corrected chi connectivity index (χ0v) is 11.3. The average molecular weight is 260 g/mol. The van der Waals surface area contributed by atoms with Gasteiger partial charge in [0.15, 0.2) is 0 Å². The summed E-state index contributed by atoms with van der Waals surface area (Å²) in [5.41, 5.74) is 1.52. The first kappa shape index (κ1) is 12.5. The van der Waals surface area contributed by atoms with Crippen molar-refractivity contribution in [2.24, 2.45) is 0 Å². The molecule has 0 bridgehead atoms. The first-order valence-corrected chi connectivity index (χ1v) is 6.97. The second-order valence-corrected chi connectivity index (χ2v) is 5.32. The summed E-state index contributed by atoms with van der Waals surface area (Å²) in [6.45, 7) is 2.39. The van der Waals surface area contributed by atoms with Crippen molar-refractivity contribution in [3.05, 3.63) is 29.8 Å². The lowest BCUT2D eigenvalue weighted by Crippen LogP contribution is -2.34. The zero-order chi connectivity index (χ0) is 13.2. The van der Waals surface area contributed by atoms with Gasteiger partial charge in [-0.3, -0.25) is 4.90 Å². The summed E-state index contributed by atoms with van der Waals surface area (Å²) < 4.78 is 4.84. The maximum atomic E-state index is 11.8. The highest BCUT2D eigenvalue weighted by Gasteiger charge is 2.37. The number of fused-ring (bicyclic) bond motifs is 1. The lowest BCUT2D eigenvalue weighted by Gasteiger charge is -2.23. The van der Waals surface area contributed by atoms with Crippen LogP contribution < -0.4 is 5.32 Å². The van der Waals surface area contributed by atoms with E-state index in [0.717, 1.165) is 12.1 Å². The number of benzene rings is 1. The fourth-order valence-corrected chi connectivity index (χ4v) is 3.35. The molecule has 2 fully saturated rings. The van der Waals surface area contributed by atoms with Crippen LogP contribution in [0.3, 0.4) is 0 Å². The summed E-state index contributed by atoms with van der Waals surface area (Å²) in [6, 6.07) is 8.68. The highest BCUT2D eigenvalue weighted by Crippen LogP contribution is 2.31. The predicted molar refractivity (Wildman–Crippen MR) is 74.4 cm³/mol. The van der Waals surface area contributed by atoms with Crippen molar-refractivity contribution in [1.29, 1.82) is 0 Å². The molecule has 0 spiro atoms. The Morgan fingerprint density at radius 2 is 2.16 bits per heavy atom. The van der Waals surface area contributed by atoms with Gasteiger partial charge in [0.2, 0.25) is 0 Å². The molecular formula is C15H20N2O2. The smallest absolute Gasteiger partial charge is 0.339 e. The SMILES string of the molecule is COC(=O)c1ccccc1NC1CCN2CCCC12. The Kier molecular flexibility index (Phi) is 3.42. The Balaban J connectivity index is 1.78. The maximum Gasteiger partial charge on any atom is 0.339 e. The number of para-hydroxylation sites is 1. The van der Waals surface area contributed by atoms with Gasteiger partial charge < -0.3 is 10.1 Å². The van der Waals surface area contributed by atoms with Gasteiger partial charge in [0.1, 0.15) is 0 Å². The number of anilines is 1. The molecule has 2 atom stereocenters. The lowest BCUT2D eigenvalue weighted by atomic mass is 10.1. The minimum atomic E-state index is -0.274. The lowest BCUT2D eigenvalue weighted by molar-refractivity contribution is 0.0602. The first-order valence-electron chi connectivity index (χ1n) is 6.97. The molecule has 2 aliphatic heterocycles. The Bertz CT molecular complexity index is 475. The number of carbonyl (C=O) groups excluding carboxylic acids is 1. The molecule has 19 heavy (non-hydrogen) atoms. The molecule has 3 rings (SSSR count). The molecule has 2 unspecified atom stereocenters. The van der Waals surface area contributed by atoms with Crippen LogP contribution in [0.4, 0.5) is 5.69 Å². The van der Waals surface area contributed by atoms with E-state index in [0.29, 0.717) is 17.6 Å². The standard InChI is InChI=1S/C15H20N2O2/c1-19-15(18)11-5-2-3-6-12(11)16-13-8-10-17-9-4-7-14(13)17/h2-3,5-6,13-14,16H,4,7-10H2,1H3. The topological polar surface area (TPSA) is 41.6 Å². The van der Waals surface area contributed by atoms with Crippen LogP contribution >= 0.6 is 0 Å². The van der Waals surface area contributed by atoms with E-state index < -0.39 is 0 Å². The van der Waals surface area contributed by atoms with Crippen molar-refractivity contribution in [1.82, 2.24) is 4.90 Å². The Hall–Kier alpha value is -1.55. The quantitative estimate of drug-likeness (QED) is 0.845. The molecule has 0 aliphatic carbocycles. The van der Waals surface area contributed by atoms with Gasteiger partial charge >= 0.3 is 5.97 Å². The number of methoxy groups -OCH3 is 1. The van der Waals surface area contributed by atoms with Crippen molar-refractivity contribution in [2.45, 2.75) is 31.3 Å². The second-order valence-electron chi connectivity index (χ2n) is 5.32. The number of hydrogen-bond donors (Lipinski definition) is 1. The van der Waals surface area contributed by atoms with E-state index >= 15 is 0 Å². The van der Waals surface area contributed by atoms with Gasteiger partial charge in [-0.25, -0.2) is 4.79 Å². The fourth-order valence-electron chi connectivity index (χ4n) is 3.35. The Labute approximate surface area is 113 Å². The highest BCUT2D eigenvalue weighted by atomic mass is 16.5. The summed E-state index contributed by atoms with van der Waals surface area (Å²) in [5.74, 6) is -0.274. The van der Waals surface area contributed by atoms with Crippen molar-refractivity contribution >= 4 is 11.7 Å². The third-order valence-electron chi connectivity index (χ3n) is 4.28. The van der Waals surface area contributed by atoms with Crippen LogP contribution in [0.5, 0.6) is 0 Å². The summed E-state index contributed by atoms with van der Waals surface area (Å²) in [7, 11) is 1.42. The van der Waals surface area contributed by atoms with E-state index in [2.05, 4.69) is 10.2 Å². The average Bonchev–Trinajstić information content (AvgIpc) is 3.03. The molecule has 0 saturated carbocycles. The summed E-state index contributed by atoms with van der Waals surface area (Å²) >= 11 is 0. The number of carbonyl (C=O) groups is 1. The van der Waals surface area contributed by atoms with Gasteiger partial charge in [-0.05, 0) is 37.9 Å². The highest BCUT2D eigenvalue weighted by molar-refractivity contribution is 5.95. The molecule has 2 aliphatic rings. The molecule has 1 aromatic rings. The van der Waals surface area contributed by atoms with E-state index in [-0.39, 0.29) is 5.97 Å². The van der Waals surface area contributed by atoms with Crippen molar-refractivity contribution in [2.75, 3.05) is 25.5 Å². The van der Waals surface area contributed by atoms with Crippen LogP contribution in [0, 0.1) is 0 Å². The molecule has 2 heterocycles. The molecule has 2 saturated heterocycles. The summed E-state index contributed by atoms with van der Waals surface area (Å²) in [5, 5.41) is 3.55. The van der Waals surface area contributed by atoms with Crippen molar-refractivity contribution in [3.8, 4) is 0 Å². The van der Waals surface area contributed by atoms with Gasteiger partial charge in [0.05, 0.1) is 12.7 Å². The number of nitrogens with zero attached hydrogens (tertiary/aromatic N) is 1. The molecule has 0 aromatic heterocycles. The Morgan fingerprint density at radius 3 is 3.00 bits per heavy atom. The van der Waals surface area contributed by atoms with Crippen LogP contribution in [0.1, 0.15) is 29.6 Å². The van der Waals surface area contributed by atoms with Crippen LogP contribution in [0.2, 0.25) is 0 Å². The molecular weight excluding hydrogens is 240 g/mol. The number of hydrogen-bond acceptors (Lipinski definition) is 4. The molecule has 0 radical (unpaired) electrons. The van der Waals surface area contributed by atoms with Gasteiger partial charge in [0, 0.05) is 24.3 Å². The summed E-state index contributed by atoms with van der Waals surface area (Å²) in [6.07, 6.45) is 3.71. The number of ether oxygens (including phenoxy) is 1. The largest absolute Gasteiger partial charge is 0.465 e. The van der Waals surface area contributed by atoms with Gasteiger partial charge in [0.25, 0.3) is 0 Å². The van der Waals surface area contributed by atoms with Gasteiger partial charge in [-0.1, -0.05) is 12.1 Å². The number of esters is 1. The normalized spacial score (nSPS) is 26.2. The number of nitrogens with one attached hydrogen (secondary N) is 1. The minimum absolute atomic E-state index is 0.274. The van der Waals surface area contributed by atoms with Crippen LogP contribution in [-0.2, 0) is 4.74 Å². The van der Waals surface area contributed by atoms with E-state index in [1.165, 1.54) is 33.0 Å². The van der Waals surface area contributed by atoms with Gasteiger partial charge in [-0.2, -0.15) is 0 Å². The molecule has 4 heteroatoms. The zero-order valence-electron chi connectivity index (χ0n) is 11.3. The minimum Gasteiger partial charge on any atom is -0.465 e. The van der Waals surface area contributed by atoms with E-state index in [4.69, 9.17) is 4.74 Å². The monoisotopic (exact) mass is 260 g/mol. The van der Waals surface area contributed by atoms with Crippen LogP contribution in [-0.4, -0.2) is 43.2 Å². The number of rotatable bonds is 3. The summed E-state index contributed by atoms with van der Waals surface area (Å²) in [4.78, 5) is 14.3. The molecule has 1 N–H and O–H groups in total. The maximum absolute atomic E-state index is 11.8. The van der Waals surface area contributed by atoms with E-state index in [1.54, 1.807) is 0 Å². The molecule has 1 aromatic carbocycles. The molecule has 102 valence electrons. The van der Waals surface area contributed by atoms with Crippen molar-refractivity contribution < 1.29 is 9.53 Å². The third-order valence-corrected chi connectivity index (χ3v) is 4.28. The Morgan fingerprint density at radius 1 is 1.32 bits per heavy atom. The van der Waals surface area contributed by atoms with Crippen LogP contribution in [0.15, 0.2) is 24.3 Å². The first-order chi connectivity index (χ1) is 9.29. The predicted octanol–water partition coefficient (Wildman–Crippen LogP) is 2.12. The third kappa shape index (κ3) is 2.32.